The molecule has 2 heterocycles. The Kier molecular flexibility index (Phi) is 6.14. The maximum Gasteiger partial charge on any atom is 0.321 e. The second-order valence-electron chi connectivity index (χ2n) is 7.92. The molecule has 5 nitrogen and oxygen atoms in total. The molecule has 0 aliphatic carbocycles. The highest BCUT2D eigenvalue weighted by Gasteiger charge is 2.26. The zero-order valence-electron chi connectivity index (χ0n) is 15.8. The fourth-order valence-electron chi connectivity index (χ4n) is 3.80. The molecule has 2 aliphatic rings. The number of hydrogen-bond acceptors (Lipinski definition) is 3. The van der Waals surface area contributed by atoms with Crippen molar-refractivity contribution in [3.05, 3.63) is 29.8 Å². The molecule has 2 fully saturated rings. The summed E-state index contributed by atoms with van der Waals surface area (Å²) in [6.07, 6.45) is 2.05. The number of halogens is 1. The van der Waals surface area contributed by atoms with E-state index in [4.69, 9.17) is 4.74 Å². The molecule has 0 spiro atoms. The fraction of sp³-hybridized carbons (Fsp3) is 0.650. The lowest BCUT2D eigenvalue weighted by molar-refractivity contribution is 0.0564. The van der Waals surface area contributed by atoms with Crippen LogP contribution in [-0.2, 0) is 4.74 Å². The van der Waals surface area contributed by atoms with Gasteiger partial charge in [-0.3, -0.25) is 0 Å². The van der Waals surface area contributed by atoms with Gasteiger partial charge in [0.1, 0.15) is 5.67 Å². The number of morpholine rings is 1. The van der Waals surface area contributed by atoms with Crippen molar-refractivity contribution in [2.75, 3.05) is 51.3 Å². The SMILES string of the molecule is CC(C)(F)CN1CCC(c2cccc(NC(=O)N3CCOCC3)c2)CC1. The second-order valence-corrected chi connectivity index (χ2v) is 7.92. The first-order valence-electron chi connectivity index (χ1n) is 9.56. The number of urea groups is 1. The Morgan fingerprint density at radius 1 is 1.23 bits per heavy atom. The minimum absolute atomic E-state index is 0.0644. The maximum atomic E-state index is 13.8. The first-order valence-corrected chi connectivity index (χ1v) is 9.56. The molecule has 0 bridgehead atoms. The van der Waals surface area contributed by atoms with Gasteiger partial charge in [-0.2, -0.15) is 0 Å². The number of carbonyl (C=O) groups is 1. The Morgan fingerprint density at radius 3 is 2.58 bits per heavy atom. The van der Waals surface area contributed by atoms with Crippen LogP contribution in [0.1, 0.15) is 38.2 Å². The van der Waals surface area contributed by atoms with Crippen molar-refractivity contribution in [3.63, 3.8) is 0 Å². The van der Waals surface area contributed by atoms with E-state index in [0.29, 0.717) is 38.8 Å². The monoisotopic (exact) mass is 363 g/mol. The third-order valence-electron chi connectivity index (χ3n) is 5.09. The van der Waals surface area contributed by atoms with Crippen molar-refractivity contribution in [1.29, 1.82) is 0 Å². The number of likely N-dealkylation sites (tertiary alicyclic amines) is 1. The van der Waals surface area contributed by atoms with Gasteiger partial charge in [0, 0.05) is 25.3 Å². The zero-order chi connectivity index (χ0) is 18.6. The van der Waals surface area contributed by atoms with Crippen molar-refractivity contribution >= 4 is 11.7 Å². The molecule has 1 aromatic rings. The zero-order valence-corrected chi connectivity index (χ0v) is 15.8. The summed E-state index contributed by atoms with van der Waals surface area (Å²) in [5.41, 5.74) is 0.950. The first kappa shape index (κ1) is 19.1. The lowest BCUT2D eigenvalue weighted by atomic mass is 9.89. The Bertz CT molecular complexity index is 603. The molecule has 1 N–H and O–H groups in total. The maximum absolute atomic E-state index is 13.8. The van der Waals surface area contributed by atoms with Gasteiger partial charge in [0.25, 0.3) is 0 Å². The Hall–Kier alpha value is -1.66. The molecular weight excluding hydrogens is 333 g/mol. The van der Waals surface area contributed by atoms with E-state index in [-0.39, 0.29) is 6.03 Å². The molecule has 2 aliphatic heterocycles. The predicted molar refractivity (Wildman–Crippen MR) is 101 cm³/mol. The van der Waals surface area contributed by atoms with Crippen LogP contribution in [0.25, 0.3) is 0 Å². The quantitative estimate of drug-likeness (QED) is 0.891. The lowest BCUT2D eigenvalue weighted by Crippen LogP contribution is -2.43. The number of hydrogen-bond donors (Lipinski definition) is 1. The van der Waals surface area contributed by atoms with E-state index >= 15 is 0 Å². The van der Waals surface area contributed by atoms with Crippen LogP contribution in [0.5, 0.6) is 0 Å². The van der Waals surface area contributed by atoms with Gasteiger partial charge in [0.15, 0.2) is 0 Å². The summed E-state index contributed by atoms with van der Waals surface area (Å²) in [6.45, 7) is 8.08. The highest BCUT2D eigenvalue weighted by atomic mass is 19.1. The number of piperidine rings is 1. The molecule has 6 heteroatoms. The average Bonchev–Trinajstić information content (AvgIpc) is 2.62. The summed E-state index contributed by atoms with van der Waals surface area (Å²) < 4.78 is 19.1. The molecule has 1 aromatic carbocycles. The van der Waals surface area contributed by atoms with Gasteiger partial charge in [0.05, 0.1) is 13.2 Å². The number of benzene rings is 1. The van der Waals surface area contributed by atoms with Crippen molar-refractivity contribution in [2.45, 2.75) is 38.3 Å². The molecule has 2 saturated heterocycles. The second kappa shape index (κ2) is 8.35. The smallest absolute Gasteiger partial charge is 0.321 e. The van der Waals surface area contributed by atoms with E-state index < -0.39 is 5.67 Å². The molecular formula is C20H30FN3O2. The van der Waals surface area contributed by atoms with Crippen LogP contribution >= 0.6 is 0 Å². The first-order chi connectivity index (χ1) is 12.4. The van der Waals surface area contributed by atoms with E-state index in [1.54, 1.807) is 18.7 Å². The van der Waals surface area contributed by atoms with Crippen molar-refractivity contribution < 1.29 is 13.9 Å². The van der Waals surface area contributed by atoms with Crippen LogP contribution in [0.4, 0.5) is 14.9 Å². The van der Waals surface area contributed by atoms with E-state index in [1.807, 2.05) is 12.1 Å². The Balaban J connectivity index is 1.55. The third kappa shape index (κ3) is 5.42. The third-order valence-corrected chi connectivity index (χ3v) is 5.09. The van der Waals surface area contributed by atoms with Crippen molar-refractivity contribution in [3.8, 4) is 0 Å². The standard InChI is InChI=1S/C20H30FN3O2/c1-20(2,21)15-23-8-6-16(7-9-23)17-4-3-5-18(14-17)22-19(25)24-10-12-26-13-11-24/h3-5,14,16H,6-13,15H2,1-2H3,(H,22,25). The summed E-state index contributed by atoms with van der Waals surface area (Å²) >= 11 is 0. The van der Waals surface area contributed by atoms with Crippen LogP contribution in [0.15, 0.2) is 24.3 Å². The molecule has 0 radical (unpaired) electrons. The molecule has 0 unspecified atom stereocenters. The predicted octanol–water partition coefficient (Wildman–Crippen LogP) is 3.48. The fourth-order valence-corrected chi connectivity index (χ4v) is 3.80. The lowest BCUT2D eigenvalue weighted by Gasteiger charge is -2.34. The molecule has 0 saturated carbocycles. The van der Waals surface area contributed by atoms with Gasteiger partial charge in [0.2, 0.25) is 0 Å². The topological polar surface area (TPSA) is 44.8 Å². The highest BCUT2D eigenvalue weighted by molar-refractivity contribution is 5.89. The minimum Gasteiger partial charge on any atom is -0.378 e. The average molecular weight is 363 g/mol. The summed E-state index contributed by atoms with van der Waals surface area (Å²) in [7, 11) is 0. The molecule has 3 rings (SSSR count). The number of ether oxygens (including phenoxy) is 1. The number of nitrogens with one attached hydrogen (secondary N) is 1. The number of amides is 2. The van der Waals surface area contributed by atoms with Crippen molar-refractivity contribution in [1.82, 2.24) is 9.80 Å². The number of anilines is 1. The van der Waals surface area contributed by atoms with Gasteiger partial charge in [-0.05, 0) is 63.4 Å². The number of alkyl halides is 1. The Morgan fingerprint density at radius 2 is 1.92 bits per heavy atom. The summed E-state index contributed by atoms with van der Waals surface area (Å²) in [5, 5.41) is 3.00. The Labute approximate surface area is 155 Å². The number of carbonyl (C=O) groups excluding carboxylic acids is 1. The number of rotatable bonds is 4. The van der Waals surface area contributed by atoms with E-state index in [9.17, 15) is 9.18 Å². The van der Waals surface area contributed by atoms with Gasteiger partial charge >= 0.3 is 6.03 Å². The van der Waals surface area contributed by atoms with Gasteiger partial charge in [-0.25, -0.2) is 9.18 Å². The molecule has 0 atom stereocenters. The van der Waals surface area contributed by atoms with Gasteiger partial charge in [-0.15, -0.1) is 0 Å². The number of nitrogens with zero attached hydrogens (tertiary/aromatic N) is 2. The van der Waals surface area contributed by atoms with E-state index in [1.165, 1.54) is 5.56 Å². The van der Waals surface area contributed by atoms with Crippen LogP contribution < -0.4 is 5.32 Å². The molecule has 144 valence electrons. The summed E-state index contributed by atoms with van der Waals surface area (Å²) in [4.78, 5) is 16.3. The van der Waals surface area contributed by atoms with Crippen LogP contribution in [0.2, 0.25) is 0 Å². The minimum atomic E-state index is -1.14. The van der Waals surface area contributed by atoms with Crippen LogP contribution in [0.3, 0.4) is 0 Å². The molecule has 2 amide bonds. The summed E-state index contributed by atoms with van der Waals surface area (Å²) in [6, 6.07) is 8.08. The van der Waals surface area contributed by atoms with Gasteiger partial charge < -0.3 is 19.9 Å². The highest BCUT2D eigenvalue weighted by Crippen LogP contribution is 2.30. The van der Waals surface area contributed by atoms with Crippen molar-refractivity contribution in [2.24, 2.45) is 0 Å². The van der Waals surface area contributed by atoms with E-state index in [2.05, 4.69) is 22.3 Å². The van der Waals surface area contributed by atoms with Crippen LogP contribution in [0, 0.1) is 0 Å². The molecule has 26 heavy (non-hydrogen) atoms. The largest absolute Gasteiger partial charge is 0.378 e. The normalized spacial score (nSPS) is 20.2. The summed E-state index contributed by atoms with van der Waals surface area (Å²) in [5.74, 6) is 0.467. The van der Waals surface area contributed by atoms with E-state index in [0.717, 1.165) is 31.6 Å². The molecule has 0 aromatic heterocycles. The van der Waals surface area contributed by atoms with Gasteiger partial charge in [-0.1, -0.05) is 12.1 Å². The van der Waals surface area contributed by atoms with Crippen LogP contribution in [-0.4, -0.2) is 67.4 Å².